The maximum absolute atomic E-state index is 2.53. The molecule has 2 saturated carbocycles. The lowest BCUT2D eigenvalue weighted by atomic mass is 9.81. The van der Waals surface area contributed by atoms with E-state index in [9.17, 15) is 0 Å². The normalized spacial score (nSPS) is 25.7. The first-order chi connectivity index (χ1) is 8.62. The molecule has 0 N–H and O–H groups in total. The van der Waals surface area contributed by atoms with Gasteiger partial charge >= 0.3 is 0 Å². The van der Waals surface area contributed by atoms with Gasteiger partial charge in [-0.25, -0.2) is 0 Å². The summed E-state index contributed by atoms with van der Waals surface area (Å²) in [7, 11) is 0. The van der Waals surface area contributed by atoms with Gasteiger partial charge < -0.3 is 0 Å². The van der Waals surface area contributed by atoms with Crippen molar-refractivity contribution in [2.45, 2.75) is 104 Å². The van der Waals surface area contributed by atoms with Crippen molar-refractivity contribution in [3.63, 3.8) is 0 Å². The predicted octanol–water partition coefficient (Wildman–Crippen LogP) is 6.49. The molecule has 0 bridgehead atoms. The first-order valence-corrected chi connectivity index (χ1v) is 8.62. The lowest BCUT2D eigenvalue weighted by Gasteiger charge is -2.24. The molecule has 18 heavy (non-hydrogen) atoms. The van der Waals surface area contributed by atoms with Gasteiger partial charge in [0.05, 0.1) is 0 Å². The Kier molecular flexibility index (Phi) is 5.15. The Morgan fingerprint density at radius 3 is 1.22 bits per heavy atom. The van der Waals surface area contributed by atoms with Crippen LogP contribution in [0.3, 0.4) is 0 Å². The zero-order valence-electron chi connectivity index (χ0n) is 12.9. The van der Waals surface area contributed by atoms with Crippen molar-refractivity contribution in [2.75, 3.05) is 0 Å². The van der Waals surface area contributed by atoms with Gasteiger partial charge in [-0.1, -0.05) is 65.2 Å². The van der Waals surface area contributed by atoms with Crippen molar-refractivity contribution in [2.24, 2.45) is 10.8 Å². The SMILES string of the molecule is CC1(CCCCCCC2(C)CCCC2)CCCC1. The number of rotatable bonds is 7. The van der Waals surface area contributed by atoms with E-state index in [1.807, 2.05) is 0 Å². The summed E-state index contributed by atoms with van der Waals surface area (Å²) in [6.45, 7) is 5.05. The van der Waals surface area contributed by atoms with Crippen LogP contribution >= 0.6 is 0 Å². The summed E-state index contributed by atoms with van der Waals surface area (Å²) in [5.74, 6) is 0. The first-order valence-electron chi connectivity index (χ1n) is 8.62. The summed E-state index contributed by atoms with van der Waals surface area (Å²) in [5.41, 5.74) is 1.47. The monoisotopic (exact) mass is 250 g/mol. The fraction of sp³-hybridized carbons (Fsp3) is 1.00. The molecule has 0 saturated heterocycles. The smallest absolute Gasteiger partial charge is 0.0326 e. The predicted molar refractivity (Wildman–Crippen MR) is 80.9 cm³/mol. The molecule has 2 fully saturated rings. The quantitative estimate of drug-likeness (QED) is 0.453. The van der Waals surface area contributed by atoms with Crippen LogP contribution in [0.5, 0.6) is 0 Å². The Hall–Kier alpha value is 0. The molecule has 2 aliphatic rings. The van der Waals surface area contributed by atoms with E-state index >= 15 is 0 Å². The van der Waals surface area contributed by atoms with Crippen LogP contribution < -0.4 is 0 Å². The fourth-order valence-electron chi connectivity index (χ4n) is 4.41. The summed E-state index contributed by atoms with van der Waals surface area (Å²) in [5, 5.41) is 0. The molecule has 0 nitrogen and oxygen atoms in total. The van der Waals surface area contributed by atoms with Crippen molar-refractivity contribution in [1.82, 2.24) is 0 Å². The molecule has 0 aromatic carbocycles. The van der Waals surface area contributed by atoms with E-state index in [1.54, 1.807) is 0 Å². The van der Waals surface area contributed by atoms with Crippen LogP contribution in [0.15, 0.2) is 0 Å². The maximum atomic E-state index is 2.53. The second-order valence-corrected chi connectivity index (χ2v) is 7.95. The molecule has 0 radical (unpaired) electrons. The highest BCUT2D eigenvalue weighted by atomic mass is 14.3. The molecule has 0 heterocycles. The van der Waals surface area contributed by atoms with Gasteiger partial charge in [0.2, 0.25) is 0 Å². The average molecular weight is 250 g/mol. The third kappa shape index (κ3) is 4.28. The average Bonchev–Trinajstić information content (AvgIpc) is 2.94. The fourth-order valence-corrected chi connectivity index (χ4v) is 4.41. The van der Waals surface area contributed by atoms with Crippen molar-refractivity contribution < 1.29 is 0 Å². The minimum atomic E-state index is 0.734. The van der Waals surface area contributed by atoms with Crippen LogP contribution in [-0.4, -0.2) is 0 Å². The highest BCUT2D eigenvalue weighted by Gasteiger charge is 2.28. The molecule has 0 unspecified atom stereocenters. The molecule has 0 spiro atoms. The Morgan fingerprint density at radius 2 is 0.889 bits per heavy atom. The minimum Gasteiger partial charge on any atom is -0.0596 e. The number of unbranched alkanes of at least 4 members (excludes halogenated alkanes) is 3. The van der Waals surface area contributed by atoms with Crippen molar-refractivity contribution in [1.29, 1.82) is 0 Å². The van der Waals surface area contributed by atoms with E-state index in [0.717, 1.165) is 10.8 Å². The van der Waals surface area contributed by atoms with Gasteiger partial charge in [-0.3, -0.25) is 0 Å². The van der Waals surface area contributed by atoms with Gasteiger partial charge in [0.25, 0.3) is 0 Å². The molecule has 0 aromatic heterocycles. The number of hydrogen-bond donors (Lipinski definition) is 0. The topological polar surface area (TPSA) is 0 Å². The zero-order chi connectivity index (χ0) is 12.9. The van der Waals surface area contributed by atoms with Crippen molar-refractivity contribution in [3.8, 4) is 0 Å². The second kappa shape index (κ2) is 6.44. The largest absolute Gasteiger partial charge is 0.0596 e. The van der Waals surface area contributed by atoms with Gasteiger partial charge in [-0.15, -0.1) is 0 Å². The summed E-state index contributed by atoms with van der Waals surface area (Å²) >= 11 is 0. The van der Waals surface area contributed by atoms with E-state index in [-0.39, 0.29) is 0 Å². The lowest BCUT2D eigenvalue weighted by Crippen LogP contribution is -2.11. The van der Waals surface area contributed by atoms with Crippen molar-refractivity contribution in [3.05, 3.63) is 0 Å². The standard InChI is InChI=1S/C18H34/c1-17(13-7-8-14-17)11-5-3-4-6-12-18(2)15-9-10-16-18/h3-16H2,1-2H3. The molecular weight excluding hydrogens is 216 g/mol. The van der Waals surface area contributed by atoms with E-state index in [1.165, 1.54) is 89.9 Å². The Balaban J connectivity index is 1.48. The minimum absolute atomic E-state index is 0.734. The molecule has 106 valence electrons. The molecule has 2 rings (SSSR count). The third-order valence-electron chi connectivity index (χ3n) is 5.93. The summed E-state index contributed by atoms with van der Waals surface area (Å²) in [4.78, 5) is 0. The van der Waals surface area contributed by atoms with Gasteiger partial charge in [0, 0.05) is 0 Å². The van der Waals surface area contributed by atoms with Crippen LogP contribution in [-0.2, 0) is 0 Å². The number of hydrogen-bond acceptors (Lipinski definition) is 0. The van der Waals surface area contributed by atoms with Gasteiger partial charge in [0.1, 0.15) is 0 Å². The summed E-state index contributed by atoms with van der Waals surface area (Å²) < 4.78 is 0. The van der Waals surface area contributed by atoms with Crippen molar-refractivity contribution >= 4 is 0 Å². The van der Waals surface area contributed by atoms with Crippen LogP contribution in [0, 0.1) is 10.8 Å². The van der Waals surface area contributed by atoms with Crippen LogP contribution in [0.2, 0.25) is 0 Å². The Bertz CT molecular complexity index is 202. The van der Waals surface area contributed by atoms with Crippen LogP contribution in [0.4, 0.5) is 0 Å². The summed E-state index contributed by atoms with van der Waals surface area (Å²) in [6.07, 6.45) is 21.0. The van der Waals surface area contributed by atoms with E-state index in [4.69, 9.17) is 0 Å². The van der Waals surface area contributed by atoms with E-state index < -0.39 is 0 Å². The Labute approximate surface area is 115 Å². The van der Waals surface area contributed by atoms with Crippen LogP contribution in [0.25, 0.3) is 0 Å². The van der Waals surface area contributed by atoms with Crippen LogP contribution in [0.1, 0.15) is 104 Å². The highest BCUT2D eigenvalue weighted by Crippen LogP contribution is 2.43. The van der Waals surface area contributed by atoms with Gasteiger partial charge in [0.15, 0.2) is 0 Å². The molecule has 0 aliphatic heterocycles. The lowest BCUT2D eigenvalue weighted by molar-refractivity contribution is 0.280. The molecule has 0 amide bonds. The molecule has 0 heteroatoms. The second-order valence-electron chi connectivity index (χ2n) is 7.95. The van der Waals surface area contributed by atoms with Gasteiger partial charge in [-0.2, -0.15) is 0 Å². The maximum Gasteiger partial charge on any atom is -0.0326 e. The highest BCUT2D eigenvalue weighted by molar-refractivity contribution is 4.81. The summed E-state index contributed by atoms with van der Waals surface area (Å²) in [6, 6.07) is 0. The Morgan fingerprint density at radius 1 is 0.556 bits per heavy atom. The first kappa shape index (κ1) is 14.4. The third-order valence-corrected chi connectivity index (χ3v) is 5.93. The van der Waals surface area contributed by atoms with E-state index in [2.05, 4.69) is 13.8 Å². The van der Waals surface area contributed by atoms with Gasteiger partial charge in [-0.05, 0) is 49.4 Å². The zero-order valence-corrected chi connectivity index (χ0v) is 12.9. The molecule has 2 aliphatic carbocycles. The molecular formula is C18H34. The molecule has 0 atom stereocenters. The molecule has 0 aromatic rings. The van der Waals surface area contributed by atoms with E-state index in [0.29, 0.717) is 0 Å².